The number of primary amides is 1. The van der Waals surface area contributed by atoms with Crippen LogP contribution in [0.25, 0.3) is 0 Å². The number of amides is 2. The van der Waals surface area contributed by atoms with Crippen molar-refractivity contribution in [2.24, 2.45) is 5.73 Å². The maximum absolute atomic E-state index is 10.5. The van der Waals surface area contributed by atoms with Crippen LogP contribution in [0.2, 0.25) is 0 Å². The minimum absolute atomic E-state index is 0.137. The van der Waals surface area contributed by atoms with E-state index in [0.29, 0.717) is 13.2 Å². The quantitative estimate of drug-likeness (QED) is 0.564. The van der Waals surface area contributed by atoms with E-state index in [2.05, 4.69) is 27.2 Å². The van der Waals surface area contributed by atoms with Gasteiger partial charge in [0.25, 0.3) is 0 Å². The number of hydrogen-bond acceptors (Lipinski definition) is 4. The Morgan fingerprint density at radius 3 is 2.07 bits per heavy atom. The molecule has 2 amide bonds. The van der Waals surface area contributed by atoms with E-state index in [1.165, 1.54) is 0 Å². The summed E-state index contributed by atoms with van der Waals surface area (Å²) in [4.78, 5) is 19.0. The van der Waals surface area contributed by atoms with Crippen LogP contribution in [0.1, 0.15) is 0 Å². The number of hydrazine groups is 1. The van der Waals surface area contributed by atoms with Crippen molar-refractivity contribution >= 4 is 41.6 Å². The summed E-state index contributed by atoms with van der Waals surface area (Å²) in [6, 6.07) is 0. The van der Waals surface area contributed by atoms with Crippen molar-refractivity contribution in [3.05, 3.63) is 0 Å². The third kappa shape index (κ3) is 9.98. The Balaban J connectivity index is 0.000000364. The molecule has 0 saturated carbocycles. The normalized spacial score (nSPS) is 16.3. The molecule has 6 nitrogen and oxygen atoms in total. The predicted octanol–water partition coefficient (Wildman–Crippen LogP) is -1.65. The van der Waals surface area contributed by atoms with Gasteiger partial charge in [0.2, 0.25) is 0 Å². The third-order valence-electron chi connectivity index (χ3n) is 1.26. The molecule has 0 aromatic rings. The van der Waals surface area contributed by atoms with Gasteiger partial charge in [-0.15, -0.1) is 0 Å². The van der Waals surface area contributed by atoms with E-state index in [-0.39, 0.29) is 4.81 Å². The van der Waals surface area contributed by atoms with E-state index in [4.69, 9.17) is 9.53 Å². The van der Waals surface area contributed by atoms with Gasteiger partial charge in [0.15, 0.2) is 0 Å². The first-order valence-corrected chi connectivity index (χ1v) is 5.50. The van der Waals surface area contributed by atoms with Crippen molar-refractivity contribution in [1.82, 2.24) is 10.4 Å². The van der Waals surface area contributed by atoms with Gasteiger partial charge < -0.3 is 0 Å². The molecular weight excluding hydrogens is 320 g/mol. The second kappa shape index (κ2) is 8.23. The molecule has 3 N–H and O–H groups in total. The molecule has 1 heterocycles. The van der Waals surface area contributed by atoms with Crippen molar-refractivity contribution in [2.45, 2.75) is 0 Å². The Morgan fingerprint density at radius 1 is 1.29 bits per heavy atom. The number of hydrogen-bond donors (Lipinski definition) is 2. The number of carbonyl (C=O) groups is 2. The molecule has 0 spiro atoms. The van der Waals surface area contributed by atoms with Gasteiger partial charge in [-0.2, -0.15) is 0 Å². The number of nitrogens with zero attached hydrogens (tertiary/aromatic N) is 1. The first kappa shape index (κ1) is 13.9. The second-order valence-electron chi connectivity index (χ2n) is 2.32. The van der Waals surface area contributed by atoms with E-state index >= 15 is 0 Å². The molecule has 0 aliphatic carbocycles. The van der Waals surface area contributed by atoms with E-state index in [1.54, 1.807) is 0 Å². The molecule has 1 aliphatic rings. The van der Waals surface area contributed by atoms with Crippen LogP contribution in [-0.2, 0) is 4.74 Å². The number of nitrogens with one attached hydrogen (secondary N) is 1. The monoisotopic (exact) mass is 333 g/mol. The Bertz CT molecular complexity index is 193. The van der Waals surface area contributed by atoms with Crippen LogP contribution in [0.15, 0.2) is 0 Å². The molecule has 0 aromatic heterocycles. The van der Waals surface area contributed by atoms with Crippen LogP contribution in [-0.4, -0.2) is 72.9 Å². The molecule has 1 fully saturated rings. The number of nitrogens with two attached hydrogens (primary N) is 1. The average molecular weight is 331 g/mol. The van der Waals surface area contributed by atoms with E-state index in [0.717, 1.165) is 13.1 Å². The summed E-state index contributed by atoms with van der Waals surface area (Å²) in [5, 5.41) is 1.84. The first-order chi connectivity index (χ1) is 6.52. The van der Waals surface area contributed by atoms with Gasteiger partial charge in [-0.3, -0.25) is 0 Å². The molecule has 0 bridgehead atoms. The standard InChI is InChI=1S/C5H9N2O2Se.CH2NOSe/c8-5(10)6-7-1-3-9-4-2-7;2-1(3)4/h1-4H2,(H,6,8);(H2,2,3). The number of morpholine rings is 1. The molecule has 2 radical (unpaired) electrons. The van der Waals surface area contributed by atoms with Gasteiger partial charge in [-0.05, 0) is 0 Å². The fourth-order valence-corrected chi connectivity index (χ4v) is 1.08. The topological polar surface area (TPSA) is 84.7 Å². The second-order valence-corrected chi connectivity index (χ2v) is 3.94. The molecule has 1 rings (SSSR count). The summed E-state index contributed by atoms with van der Waals surface area (Å²) in [5.41, 5.74) is 7.06. The molecule has 1 aliphatic heterocycles. The van der Waals surface area contributed by atoms with Gasteiger partial charge in [-0.1, -0.05) is 0 Å². The Labute approximate surface area is 98.5 Å². The van der Waals surface area contributed by atoms with Crippen LogP contribution in [0.5, 0.6) is 0 Å². The zero-order valence-corrected chi connectivity index (χ0v) is 10.8. The van der Waals surface area contributed by atoms with Crippen LogP contribution in [0, 0.1) is 0 Å². The van der Waals surface area contributed by atoms with Gasteiger partial charge in [0, 0.05) is 0 Å². The van der Waals surface area contributed by atoms with E-state index < -0.39 is 4.81 Å². The molecule has 80 valence electrons. The molecular formula is C6H11N3O3Se2. The van der Waals surface area contributed by atoms with Crippen molar-refractivity contribution in [2.75, 3.05) is 26.3 Å². The summed E-state index contributed by atoms with van der Waals surface area (Å²) in [5.74, 6) is 0. The predicted molar refractivity (Wildman–Crippen MR) is 52.0 cm³/mol. The molecule has 8 heteroatoms. The van der Waals surface area contributed by atoms with Gasteiger partial charge in [0.1, 0.15) is 0 Å². The number of rotatable bonds is 1. The van der Waals surface area contributed by atoms with Gasteiger partial charge >= 0.3 is 98.4 Å². The number of carbonyl (C=O) groups excluding carboxylic acids is 2. The Kier molecular flexibility index (Phi) is 8.17. The van der Waals surface area contributed by atoms with E-state index in [9.17, 15) is 4.79 Å². The molecule has 1 saturated heterocycles. The summed E-state index contributed by atoms with van der Waals surface area (Å²) < 4.78 is 5.08. The summed E-state index contributed by atoms with van der Waals surface area (Å²) >= 11 is 4.40. The zero-order valence-electron chi connectivity index (χ0n) is 7.39. The SMILES string of the molecule is NC(=O)[Se].O=C([Se])NN1CCOCC1. The summed E-state index contributed by atoms with van der Waals surface area (Å²) in [7, 11) is 0. The summed E-state index contributed by atoms with van der Waals surface area (Å²) in [6.45, 7) is 2.93. The number of ether oxygens (including phenoxy) is 1. The van der Waals surface area contributed by atoms with Crippen LogP contribution in [0.4, 0.5) is 9.59 Å². The molecule has 0 unspecified atom stereocenters. The minimum atomic E-state index is -0.458. The van der Waals surface area contributed by atoms with Crippen LogP contribution in [0.3, 0.4) is 0 Å². The molecule has 0 aromatic carbocycles. The fraction of sp³-hybridized carbons (Fsp3) is 0.667. The van der Waals surface area contributed by atoms with Crippen molar-refractivity contribution in [3.63, 3.8) is 0 Å². The Hall–Kier alpha value is -0.101. The molecule has 0 atom stereocenters. The third-order valence-corrected chi connectivity index (χ3v) is 1.45. The van der Waals surface area contributed by atoms with Gasteiger partial charge in [0.05, 0.1) is 0 Å². The van der Waals surface area contributed by atoms with Gasteiger partial charge in [-0.25, -0.2) is 0 Å². The zero-order chi connectivity index (χ0) is 11.0. The Morgan fingerprint density at radius 2 is 1.71 bits per heavy atom. The van der Waals surface area contributed by atoms with Crippen molar-refractivity contribution < 1.29 is 14.3 Å². The van der Waals surface area contributed by atoms with Crippen molar-refractivity contribution in [1.29, 1.82) is 0 Å². The maximum atomic E-state index is 10.5. The van der Waals surface area contributed by atoms with Crippen LogP contribution < -0.4 is 11.2 Å². The first-order valence-electron chi connectivity index (χ1n) is 3.79. The summed E-state index contributed by atoms with van der Waals surface area (Å²) in [6.07, 6.45) is 0. The molecule has 14 heavy (non-hydrogen) atoms. The van der Waals surface area contributed by atoms with Crippen molar-refractivity contribution in [3.8, 4) is 0 Å². The average Bonchev–Trinajstić information content (AvgIpc) is 2.03. The fourth-order valence-electron chi connectivity index (χ4n) is 0.804. The van der Waals surface area contributed by atoms with E-state index in [1.807, 2.05) is 21.0 Å². The van der Waals surface area contributed by atoms with Crippen LogP contribution >= 0.6 is 0 Å².